The highest BCUT2D eigenvalue weighted by molar-refractivity contribution is 6.31. The monoisotopic (exact) mass is 443 g/mol. The van der Waals surface area contributed by atoms with E-state index in [1.54, 1.807) is 17.0 Å². The highest BCUT2D eigenvalue weighted by atomic mass is 35.5. The Morgan fingerprint density at radius 1 is 1.16 bits per heavy atom. The number of nitrogens with one attached hydrogen (secondary N) is 2. The molecule has 8 heteroatoms. The zero-order valence-electron chi connectivity index (χ0n) is 17.6. The largest absolute Gasteiger partial charge is 0.496 e. The van der Waals surface area contributed by atoms with Crippen molar-refractivity contribution in [2.45, 2.75) is 19.4 Å². The summed E-state index contributed by atoms with van der Waals surface area (Å²) >= 11 is 5.95. The van der Waals surface area contributed by atoms with Crippen molar-refractivity contribution in [1.29, 1.82) is 0 Å². The fourth-order valence-electron chi connectivity index (χ4n) is 3.65. The maximum absolute atomic E-state index is 12.5. The Morgan fingerprint density at radius 3 is 2.58 bits per heavy atom. The summed E-state index contributed by atoms with van der Waals surface area (Å²) in [6.45, 7) is 2.84. The van der Waals surface area contributed by atoms with Crippen LogP contribution in [0.15, 0.2) is 48.5 Å². The maximum Gasteiger partial charge on any atom is 0.255 e. The fourth-order valence-corrected chi connectivity index (χ4v) is 3.82. The number of likely N-dealkylation sites (tertiary alicyclic amines) is 1. The van der Waals surface area contributed by atoms with E-state index < -0.39 is 5.92 Å². The number of rotatable bonds is 8. The minimum absolute atomic E-state index is 0.0298. The van der Waals surface area contributed by atoms with Crippen molar-refractivity contribution in [3.05, 3.63) is 64.7 Å². The lowest BCUT2D eigenvalue weighted by Gasteiger charge is -2.25. The molecule has 2 N–H and O–H groups in total. The highest BCUT2D eigenvalue weighted by Gasteiger charge is 2.36. The van der Waals surface area contributed by atoms with E-state index in [-0.39, 0.29) is 43.3 Å². The summed E-state index contributed by atoms with van der Waals surface area (Å²) in [6, 6.07) is 14.5. The molecule has 0 aromatic heterocycles. The zero-order valence-corrected chi connectivity index (χ0v) is 18.3. The van der Waals surface area contributed by atoms with Gasteiger partial charge in [0.15, 0.2) is 0 Å². The molecule has 0 saturated carbocycles. The average Bonchev–Trinajstić information content (AvgIpc) is 3.18. The van der Waals surface area contributed by atoms with Gasteiger partial charge < -0.3 is 20.3 Å². The van der Waals surface area contributed by atoms with Crippen LogP contribution >= 0.6 is 11.6 Å². The molecule has 0 spiro atoms. The topological polar surface area (TPSA) is 87.7 Å². The molecule has 7 nitrogen and oxygen atoms in total. The van der Waals surface area contributed by atoms with Crippen LogP contribution < -0.4 is 15.4 Å². The molecular formula is C23H26ClN3O4. The van der Waals surface area contributed by atoms with Crippen molar-refractivity contribution in [2.75, 3.05) is 26.7 Å². The molecule has 2 unspecified atom stereocenters. The van der Waals surface area contributed by atoms with Gasteiger partial charge in [-0.25, -0.2) is 0 Å². The van der Waals surface area contributed by atoms with E-state index in [1.165, 1.54) is 13.2 Å². The van der Waals surface area contributed by atoms with Crippen molar-refractivity contribution in [3.63, 3.8) is 0 Å². The highest BCUT2D eigenvalue weighted by Crippen LogP contribution is 2.28. The minimum Gasteiger partial charge on any atom is -0.496 e. The van der Waals surface area contributed by atoms with Gasteiger partial charge in [0.2, 0.25) is 11.8 Å². The fraction of sp³-hybridized carbons (Fsp3) is 0.348. The molecule has 1 saturated heterocycles. The lowest BCUT2D eigenvalue weighted by Crippen LogP contribution is -2.38. The van der Waals surface area contributed by atoms with Crippen LogP contribution in [-0.4, -0.2) is 49.4 Å². The van der Waals surface area contributed by atoms with Crippen LogP contribution in [0.5, 0.6) is 5.75 Å². The minimum atomic E-state index is -0.401. The molecule has 0 aliphatic carbocycles. The van der Waals surface area contributed by atoms with Gasteiger partial charge in [0.25, 0.3) is 5.91 Å². The van der Waals surface area contributed by atoms with E-state index in [0.29, 0.717) is 22.9 Å². The number of nitrogens with zero attached hydrogens (tertiary/aromatic N) is 1. The van der Waals surface area contributed by atoms with Gasteiger partial charge >= 0.3 is 0 Å². The molecule has 0 bridgehead atoms. The van der Waals surface area contributed by atoms with Crippen LogP contribution in [-0.2, 0) is 9.59 Å². The first-order valence-electron chi connectivity index (χ1n) is 10.1. The Balaban J connectivity index is 1.47. The summed E-state index contributed by atoms with van der Waals surface area (Å²) in [6.07, 6.45) is 0.190. The lowest BCUT2D eigenvalue weighted by molar-refractivity contribution is -0.130. The van der Waals surface area contributed by atoms with Crippen LogP contribution in [0.3, 0.4) is 0 Å². The molecule has 2 atom stereocenters. The summed E-state index contributed by atoms with van der Waals surface area (Å²) in [5, 5.41) is 5.97. The Bertz CT molecular complexity index is 951. The molecule has 2 aromatic carbocycles. The van der Waals surface area contributed by atoms with Gasteiger partial charge in [0.05, 0.1) is 24.6 Å². The van der Waals surface area contributed by atoms with Crippen molar-refractivity contribution < 1.29 is 19.1 Å². The van der Waals surface area contributed by atoms with Gasteiger partial charge in [-0.1, -0.05) is 41.9 Å². The van der Waals surface area contributed by atoms with Crippen LogP contribution in [0.4, 0.5) is 0 Å². The average molecular weight is 444 g/mol. The summed E-state index contributed by atoms with van der Waals surface area (Å²) in [5.74, 6) is -0.540. The van der Waals surface area contributed by atoms with Crippen LogP contribution in [0, 0.1) is 5.92 Å². The number of carbonyl (C=O) groups excluding carboxylic acids is 3. The number of ether oxygens (including phenoxy) is 1. The van der Waals surface area contributed by atoms with E-state index in [2.05, 4.69) is 10.6 Å². The number of methoxy groups -OCH3 is 1. The third-order valence-electron chi connectivity index (χ3n) is 5.39. The molecule has 3 amide bonds. The standard InChI is InChI=1S/C23H26ClN3O4/c1-15(16-6-4-3-5-7-16)27-14-17(12-21(27)28)22(29)25-10-11-26-23(30)19-13-18(24)8-9-20(19)31-2/h3-9,13,15,17H,10-12,14H2,1-2H3,(H,25,29)(H,26,30). The van der Waals surface area contributed by atoms with Crippen LogP contribution in [0.1, 0.15) is 35.3 Å². The smallest absolute Gasteiger partial charge is 0.255 e. The molecule has 0 radical (unpaired) electrons. The van der Waals surface area contributed by atoms with Gasteiger partial charge in [0, 0.05) is 31.1 Å². The van der Waals surface area contributed by atoms with Gasteiger partial charge in [-0.2, -0.15) is 0 Å². The number of carbonyl (C=O) groups is 3. The predicted molar refractivity (Wildman–Crippen MR) is 118 cm³/mol. The van der Waals surface area contributed by atoms with Crippen molar-refractivity contribution in [2.24, 2.45) is 5.92 Å². The summed E-state index contributed by atoms with van der Waals surface area (Å²) in [4.78, 5) is 39.1. The molecule has 2 aromatic rings. The number of benzene rings is 2. The third kappa shape index (κ3) is 5.55. The van der Waals surface area contributed by atoms with Gasteiger partial charge in [-0.05, 0) is 30.7 Å². The third-order valence-corrected chi connectivity index (χ3v) is 5.63. The Kier molecular flexibility index (Phi) is 7.52. The van der Waals surface area contributed by atoms with Crippen molar-refractivity contribution in [3.8, 4) is 5.75 Å². The normalized spacial score (nSPS) is 16.7. The second-order valence-corrected chi connectivity index (χ2v) is 7.86. The molecule has 1 aliphatic rings. The molecule has 1 fully saturated rings. The Labute approximate surface area is 186 Å². The van der Waals surface area contributed by atoms with E-state index in [9.17, 15) is 14.4 Å². The first kappa shape index (κ1) is 22.6. The first-order chi connectivity index (χ1) is 14.9. The summed E-state index contributed by atoms with van der Waals surface area (Å²) in [7, 11) is 1.48. The molecule has 1 aliphatic heterocycles. The van der Waals surface area contributed by atoms with Crippen molar-refractivity contribution in [1.82, 2.24) is 15.5 Å². The molecule has 3 rings (SSSR count). The van der Waals surface area contributed by atoms with E-state index in [4.69, 9.17) is 16.3 Å². The molecular weight excluding hydrogens is 418 g/mol. The second-order valence-electron chi connectivity index (χ2n) is 7.43. The molecule has 31 heavy (non-hydrogen) atoms. The number of hydrogen-bond donors (Lipinski definition) is 2. The number of amides is 3. The second kappa shape index (κ2) is 10.3. The van der Waals surface area contributed by atoms with Crippen LogP contribution in [0.2, 0.25) is 5.02 Å². The summed E-state index contributed by atoms with van der Waals surface area (Å²) in [5.41, 5.74) is 1.37. The zero-order chi connectivity index (χ0) is 22.4. The van der Waals surface area contributed by atoms with E-state index in [0.717, 1.165) is 5.56 Å². The first-order valence-corrected chi connectivity index (χ1v) is 10.5. The van der Waals surface area contributed by atoms with Crippen molar-refractivity contribution >= 4 is 29.3 Å². The number of halogens is 1. The number of hydrogen-bond acceptors (Lipinski definition) is 4. The molecule has 1 heterocycles. The maximum atomic E-state index is 12.5. The van der Waals surface area contributed by atoms with Gasteiger partial charge in [0.1, 0.15) is 5.75 Å². The predicted octanol–water partition coefficient (Wildman–Crippen LogP) is 2.80. The van der Waals surface area contributed by atoms with Gasteiger partial charge in [-0.3, -0.25) is 14.4 Å². The van der Waals surface area contributed by atoms with Crippen LogP contribution in [0.25, 0.3) is 0 Å². The van der Waals surface area contributed by atoms with E-state index >= 15 is 0 Å². The SMILES string of the molecule is COc1ccc(Cl)cc1C(=O)NCCNC(=O)C1CC(=O)N(C(C)c2ccccc2)C1. The quantitative estimate of drug-likeness (QED) is 0.614. The molecule has 164 valence electrons. The Morgan fingerprint density at radius 2 is 1.87 bits per heavy atom. The van der Waals surface area contributed by atoms with E-state index in [1.807, 2.05) is 37.3 Å². The Hall–Kier alpha value is -3.06. The van der Waals surface area contributed by atoms with Gasteiger partial charge in [-0.15, -0.1) is 0 Å². The lowest BCUT2D eigenvalue weighted by atomic mass is 10.1. The summed E-state index contributed by atoms with van der Waals surface area (Å²) < 4.78 is 5.18.